The highest BCUT2D eigenvalue weighted by atomic mass is 16.2. The molecule has 2 heterocycles. The minimum absolute atomic E-state index is 0.414. The third-order valence-electron chi connectivity index (χ3n) is 6.13. The summed E-state index contributed by atoms with van der Waals surface area (Å²) in [6, 6.07) is 9.39. The third-order valence-corrected chi connectivity index (χ3v) is 6.13. The predicted octanol–water partition coefficient (Wildman–Crippen LogP) is 3.23. The molecule has 0 bridgehead atoms. The number of likely N-dealkylation sites (tertiary alicyclic amines) is 1. The van der Waals surface area contributed by atoms with Gasteiger partial charge in [0.15, 0.2) is 0 Å². The van der Waals surface area contributed by atoms with Crippen LogP contribution in [0.2, 0.25) is 0 Å². The van der Waals surface area contributed by atoms with Crippen LogP contribution in [0.1, 0.15) is 49.7 Å². The number of rotatable bonds is 3. The van der Waals surface area contributed by atoms with Crippen LogP contribution in [0.15, 0.2) is 24.3 Å². The van der Waals surface area contributed by atoms with Crippen molar-refractivity contribution in [1.82, 2.24) is 9.80 Å². The lowest BCUT2D eigenvalue weighted by atomic mass is 9.98. The smallest absolute Gasteiger partial charge is 0.222 e. The quantitative estimate of drug-likeness (QED) is 0.855. The number of benzene rings is 1. The van der Waals surface area contributed by atoms with E-state index in [1.54, 1.807) is 0 Å². The van der Waals surface area contributed by atoms with Gasteiger partial charge in [-0.15, -0.1) is 0 Å². The number of nitrogens with zero attached hydrogens (tertiary/aromatic N) is 2. The van der Waals surface area contributed by atoms with E-state index in [4.69, 9.17) is 0 Å². The Hall–Kier alpha value is -1.35. The second-order valence-electron chi connectivity index (χ2n) is 7.63. The van der Waals surface area contributed by atoms with Gasteiger partial charge >= 0.3 is 0 Å². The van der Waals surface area contributed by atoms with Crippen molar-refractivity contribution in [3.8, 4) is 0 Å². The molecule has 3 heteroatoms. The zero-order chi connectivity index (χ0) is 15.6. The lowest BCUT2D eigenvalue weighted by Gasteiger charge is -2.33. The zero-order valence-electron chi connectivity index (χ0n) is 14.0. The molecule has 3 nitrogen and oxygen atoms in total. The van der Waals surface area contributed by atoms with Crippen LogP contribution in [0, 0.1) is 5.92 Å². The molecule has 3 aliphatic rings. The Morgan fingerprint density at radius 3 is 2.65 bits per heavy atom. The highest BCUT2D eigenvalue weighted by Gasteiger charge is 2.32. The zero-order valence-corrected chi connectivity index (χ0v) is 14.0. The monoisotopic (exact) mass is 312 g/mol. The molecule has 0 aromatic heterocycles. The van der Waals surface area contributed by atoms with Crippen LogP contribution in [0.4, 0.5) is 0 Å². The number of amides is 1. The van der Waals surface area contributed by atoms with Gasteiger partial charge < -0.3 is 4.90 Å². The van der Waals surface area contributed by atoms with Crippen molar-refractivity contribution in [1.29, 1.82) is 0 Å². The van der Waals surface area contributed by atoms with Crippen molar-refractivity contribution in [2.75, 3.05) is 19.6 Å². The molecule has 1 amide bonds. The van der Waals surface area contributed by atoms with E-state index in [9.17, 15) is 4.79 Å². The molecule has 0 N–H and O–H groups in total. The molecule has 1 saturated carbocycles. The van der Waals surface area contributed by atoms with Crippen molar-refractivity contribution in [3.05, 3.63) is 35.4 Å². The Bertz CT molecular complexity index is 565. The summed E-state index contributed by atoms with van der Waals surface area (Å²) < 4.78 is 0. The van der Waals surface area contributed by atoms with Gasteiger partial charge in [0.25, 0.3) is 0 Å². The summed E-state index contributed by atoms with van der Waals surface area (Å²) >= 11 is 0. The second kappa shape index (κ2) is 6.64. The summed E-state index contributed by atoms with van der Waals surface area (Å²) in [5, 5.41) is 0. The minimum Gasteiger partial charge on any atom is -0.341 e. The summed E-state index contributed by atoms with van der Waals surface area (Å²) in [5.41, 5.74) is 2.99. The summed E-state index contributed by atoms with van der Waals surface area (Å²) in [6.45, 7) is 4.12. The van der Waals surface area contributed by atoms with Crippen LogP contribution in [0.3, 0.4) is 0 Å². The van der Waals surface area contributed by atoms with E-state index in [0.29, 0.717) is 17.9 Å². The van der Waals surface area contributed by atoms with Crippen molar-refractivity contribution >= 4 is 5.91 Å². The van der Waals surface area contributed by atoms with Gasteiger partial charge in [0.1, 0.15) is 0 Å². The SMILES string of the molecule is O=C(CC1CCCC1)N1CCC(N2CCc3ccccc3C2)C1. The van der Waals surface area contributed by atoms with Gasteiger partial charge in [-0.3, -0.25) is 9.69 Å². The molecule has 2 aliphatic heterocycles. The van der Waals surface area contributed by atoms with Crippen LogP contribution in [-0.2, 0) is 17.8 Å². The molecule has 1 saturated heterocycles. The molecule has 23 heavy (non-hydrogen) atoms. The molecule has 1 aliphatic carbocycles. The Morgan fingerprint density at radius 2 is 1.83 bits per heavy atom. The van der Waals surface area contributed by atoms with E-state index in [0.717, 1.165) is 45.4 Å². The number of hydrogen-bond acceptors (Lipinski definition) is 2. The molecule has 1 unspecified atom stereocenters. The largest absolute Gasteiger partial charge is 0.341 e. The highest BCUT2D eigenvalue weighted by molar-refractivity contribution is 5.76. The first-order valence-corrected chi connectivity index (χ1v) is 9.38. The number of carbonyl (C=O) groups is 1. The standard InChI is InChI=1S/C20H28N2O/c23-20(13-16-5-1-2-6-16)22-12-10-19(15-22)21-11-9-17-7-3-4-8-18(17)14-21/h3-4,7-8,16,19H,1-2,5-6,9-15H2. The number of fused-ring (bicyclic) bond motifs is 1. The van der Waals surface area contributed by atoms with Crippen molar-refractivity contribution in [2.45, 2.75) is 57.5 Å². The Balaban J connectivity index is 1.33. The minimum atomic E-state index is 0.414. The normalized spacial score (nSPS) is 25.7. The summed E-state index contributed by atoms with van der Waals surface area (Å²) in [7, 11) is 0. The fraction of sp³-hybridized carbons (Fsp3) is 0.650. The second-order valence-corrected chi connectivity index (χ2v) is 7.63. The predicted molar refractivity (Wildman–Crippen MR) is 92.1 cm³/mol. The Labute approximate surface area is 139 Å². The summed E-state index contributed by atoms with van der Waals surface area (Å²) in [6.07, 6.45) is 8.30. The van der Waals surface area contributed by atoms with Crippen LogP contribution < -0.4 is 0 Å². The van der Waals surface area contributed by atoms with E-state index in [1.165, 1.54) is 36.8 Å². The van der Waals surface area contributed by atoms with E-state index >= 15 is 0 Å². The lowest BCUT2D eigenvalue weighted by molar-refractivity contribution is -0.131. The van der Waals surface area contributed by atoms with Gasteiger partial charge in [0.05, 0.1) is 0 Å². The van der Waals surface area contributed by atoms with Crippen LogP contribution in [0.5, 0.6) is 0 Å². The molecular formula is C20H28N2O. The first-order valence-electron chi connectivity index (χ1n) is 9.38. The average molecular weight is 312 g/mol. The van der Waals surface area contributed by atoms with E-state index < -0.39 is 0 Å². The van der Waals surface area contributed by atoms with Gasteiger partial charge in [-0.05, 0) is 42.7 Å². The van der Waals surface area contributed by atoms with Gasteiger partial charge in [0, 0.05) is 38.6 Å². The van der Waals surface area contributed by atoms with E-state index in [2.05, 4.69) is 34.1 Å². The molecule has 1 atom stereocenters. The highest BCUT2D eigenvalue weighted by Crippen LogP contribution is 2.29. The van der Waals surface area contributed by atoms with Crippen LogP contribution in [-0.4, -0.2) is 41.4 Å². The third kappa shape index (κ3) is 3.30. The van der Waals surface area contributed by atoms with Crippen molar-refractivity contribution < 1.29 is 4.79 Å². The van der Waals surface area contributed by atoms with Gasteiger partial charge in [-0.25, -0.2) is 0 Å². The molecule has 2 fully saturated rings. The number of carbonyl (C=O) groups excluding carboxylic acids is 1. The van der Waals surface area contributed by atoms with E-state index in [-0.39, 0.29) is 0 Å². The number of hydrogen-bond donors (Lipinski definition) is 0. The molecular weight excluding hydrogens is 284 g/mol. The lowest BCUT2D eigenvalue weighted by Crippen LogP contribution is -2.41. The average Bonchev–Trinajstić information content (AvgIpc) is 3.26. The first kappa shape index (κ1) is 15.2. The molecule has 4 rings (SSSR count). The Kier molecular flexibility index (Phi) is 4.39. The Morgan fingerprint density at radius 1 is 1.04 bits per heavy atom. The van der Waals surface area contributed by atoms with Gasteiger partial charge in [-0.2, -0.15) is 0 Å². The van der Waals surface area contributed by atoms with Crippen molar-refractivity contribution in [3.63, 3.8) is 0 Å². The molecule has 0 radical (unpaired) electrons. The van der Waals surface area contributed by atoms with Crippen molar-refractivity contribution in [2.24, 2.45) is 5.92 Å². The van der Waals surface area contributed by atoms with E-state index in [1.807, 2.05) is 0 Å². The fourth-order valence-corrected chi connectivity index (χ4v) is 4.69. The van der Waals surface area contributed by atoms with Gasteiger partial charge in [-0.1, -0.05) is 37.1 Å². The van der Waals surface area contributed by atoms with Gasteiger partial charge in [0.2, 0.25) is 5.91 Å². The summed E-state index contributed by atoms with van der Waals surface area (Å²) in [5.74, 6) is 1.08. The molecule has 1 aromatic carbocycles. The maximum atomic E-state index is 12.5. The van der Waals surface area contributed by atoms with Crippen LogP contribution in [0.25, 0.3) is 0 Å². The maximum Gasteiger partial charge on any atom is 0.222 e. The summed E-state index contributed by atoms with van der Waals surface area (Å²) in [4.78, 5) is 17.3. The molecule has 124 valence electrons. The fourth-order valence-electron chi connectivity index (χ4n) is 4.69. The molecule has 0 spiro atoms. The first-order chi connectivity index (χ1) is 11.3. The molecule has 1 aromatic rings. The topological polar surface area (TPSA) is 23.6 Å². The maximum absolute atomic E-state index is 12.5. The van der Waals surface area contributed by atoms with Crippen LogP contribution >= 0.6 is 0 Å².